The van der Waals surface area contributed by atoms with Crippen molar-refractivity contribution in [2.45, 2.75) is 52.7 Å². The third-order valence-electron chi connectivity index (χ3n) is 4.68. The average Bonchev–Trinajstić information content (AvgIpc) is 2.45. The van der Waals surface area contributed by atoms with E-state index in [0.29, 0.717) is 12.1 Å². The van der Waals surface area contributed by atoms with E-state index >= 15 is 0 Å². The minimum absolute atomic E-state index is 0.603. The number of anilines is 1. The number of hydrogen-bond donors (Lipinski definition) is 1. The molecule has 3 nitrogen and oxygen atoms in total. The van der Waals surface area contributed by atoms with Crippen LogP contribution >= 0.6 is 0 Å². The minimum atomic E-state index is 0.603. The zero-order valence-corrected chi connectivity index (χ0v) is 14.3. The van der Waals surface area contributed by atoms with Crippen LogP contribution in [0.1, 0.15) is 38.3 Å². The lowest BCUT2D eigenvalue weighted by atomic mass is 10.0. The number of nitrogens with zero attached hydrogens (tertiary/aromatic N) is 2. The second kappa shape index (κ2) is 7.28. The van der Waals surface area contributed by atoms with Gasteiger partial charge >= 0.3 is 0 Å². The van der Waals surface area contributed by atoms with Gasteiger partial charge in [0.15, 0.2) is 0 Å². The number of nitrogens with one attached hydrogen (secondary N) is 1. The normalized spacial score (nSPS) is 23.6. The standard InChI is InChI=1S/C18H31N3/c1-6-9-19-11-17-10-14(2)7-8-18(17)21-12-15(3)20(5)16(4)13-21/h7-8,10,15-16,19H,6,9,11-13H2,1-5H3. The number of piperazine rings is 1. The van der Waals surface area contributed by atoms with Crippen molar-refractivity contribution in [2.75, 3.05) is 31.6 Å². The van der Waals surface area contributed by atoms with Crippen molar-refractivity contribution in [1.82, 2.24) is 10.2 Å². The second-order valence-corrected chi connectivity index (χ2v) is 6.58. The Bertz CT molecular complexity index is 446. The van der Waals surface area contributed by atoms with Crippen molar-refractivity contribution < 1.29 is 0 Å². The van der Waals surface area contributed by atoms with Crippen molar-refractivity contribution in [3.63, 3.8) is 0 Å². The predicted octanol–water partition coefficient (Wildman–Crippen LogP) is 3.02. The smallest absolute Gasteiger partial charge is 0.0413 e. The number of benzene rings is 1. The summed E-state index contributed by atoms with van der Waals surface area (Å²) >= 11 is 0. The first kappa shape index (κ1) is 16.3. The van der Waals surface area contributed by atoms with Crippen LogP contribution in [0.5, 0.6) is 0 Å². The molecule has 0 aromatic heterocycles. The molecule has 2 unspecified atom stereocenters. The molecule has 0 aliphatic carbocycles. The highest BCUT2D eigenvalue weighted by atomic mass is 15.3. The van der Waals surface area contributed by atoms with Crippen molar-refractivity contribution in [3.8, 4) is 0 Å². The van der Waals surface area contributed by atoms with Gasteiger partial charge in [-0.1, -0.05) is 24.6 Å². The summed E-state index contributed by atoms with van der Waals surface area (Å²) in [5, 5.41) is 3.55. The van der Waals surface area contributed by atoms with Crippen LogP contribution < -0.4 is 10.2 Å². The molecule has 1 N–H and O–H groups in total. The Morgan fingerprint density at radius 1 is 1.19 bits per heavy atom. The molecule has 0 bridgehead atoms. The molecule has 0 radical (unpaired) electrons. The Morgan fingerprint density at radius 3 is 2.48 bits per heavy atom. The van der Waals surface area contributed by atoms with Crippen LogP contribution in [0.3, 0.4) is 0 Å². The van der Waals surface area contributed by atoms with Gasteiger partial charge in [0.05, 0.1) is 0 Å². The molecule has 1 fully saturated rings. The maximum absolute atomic E-state index is 3.55. The molecular formula is C18H31N3. The van der Waals surface area contributed by atoms with Crippen LogP contribution in [-0.4, -0.2) is 43.7 Å². The molecule has 1 aliphatic heterocycles. The summed E-state index contributed by atoms with van der Waals surface area (Å²) in [6, 6.07) is 8.10. The topological polar surface area (TPSA) is 18.5 Å². The third-order valence-corrected chi connectivity index (χ3v) is 4.68. The van der Waals surface area contributed by atoms with Crippen LogP contribution in [-0.2, 0) is 6.54 Å². The van der Waals surface area contributed by atoms with Crippen LogP contribution in [0.15, 0.2) is 18.2 Å². The summed E-state index contributed by atoms with van der Waals surface area (Å²) in [5.41, 5.74) is 4.20. The number of rotatable bonds is 5. The highest BCUT2D eigenvalue weighted by Crippen LogP contribution is 2.26. The van der Waals surface area contributed by atoms with Gasteiger partial charge in [0.25, 0.3) is 0 Å². The first-order chi connectivity index (χ1) is 10.0. The van der Waals surface area contributed by atoms with Gasteiger partial charge in [-0.2, -0.15) is 0 Å². The van der Waals surface area contributed by atoms with Gasteiger partial charge in [-0.25, -0.2) is 0 Å². The molecule has 21 heavy (non-hydrogen) atoms. The highest BCUT2D eigenvalue weighted by molar-refractivity contribution is 5.55. The zero-order chi connectivity index (χ0) is 15.4. The van der Waals surface area contributed by atoms with Crippen molar-refractivity contribution in [2.24, 2.45) is 0 Å². The molecule has 0 spiro atoms. The lowest BCUT2D eigenvalue weighted by molar-refractivity contribution is 0.170. The summed E-state index contributed by atoms with van der Waals surface area (Å²) in [7, 11) is 2.24. The van der Waals surface area contributed by atoms with Gasteiger partial charge in [-0.05, 0) is 52.4 Å². The van der Waals surface area contributed by atoms with Crippen molar-refractivity contribution >= 4 is 5.69 Å². The van der Waals surface area contributed by atoms with Crippen LogP contribution in [0, 0.1) is 6.92 Å². The molecule has 1 heterocycles. The SMILES string of the molecule is CCCNCc1cc(C)ccc1N1CC(C)N(C)C(C)C1. The number of likely N-dealkylation sites (N-methyl/N-ethyl adjacent to an activating group) is 1. The molecular weight excluding hydrogens is 258 g/mol. The van der Waals surface area contributed by atoms with E-state index in [0.717, 1.165) is 26.2 Å². The van der Waals surface area contributed by atoms with Gasteiger partial charge in [0.2, 0.25) is 0 Å². The fourth-order valence-electron chi connectivity index (χ4n) is 3.17. The Hall–Kier alpha value is -1.06. The van der Waals surface area contributed by atoms with E-state index < -0.39 is 0 Å². The quantitative estimate of drug-likeness (QED) is 0.841. The van der Waals surface area contributed by atoms with Crippen LogP contribution in [0.25, 0.3) is 0 Å². The molecule has 1 saturated heterocycles. The van der Waals surface area contributed by atoms with E-state index in [1.807, 2.05) is 0 Å². The molecule has 1 aliphatic rings. The van der Waals surface area contributed by atoms with Crippen LogP contribution in [0.4, 0.5) is 5.69 Å². The number of aryl methyl sites for hydroxylation is 1. The summed E-state index contributed by atoms with van der Waals surface area (Å²) in [5.74, 6) is 0. The minimum Gasteiger partial charge on any atom is -0.368 e. The molecule has 2 atom stereocenters. The summed E-state index contributed by atoms with van der Waals surface area (Å²) in [6.07, 6.45) is 1.18. The molecule has 1 aromatic rings. The summed E-state index contributed by atoms with van der Waals surface area (Å²) in [4.78, 5) is 5.05. The van der Waals surface area contributed by atoms with Gasteiger partial charge in [0.1, 0.15) is 0 Å². The van der Waals surface area contributed by atoms with Gasteiger partial charge < -0.3 is 10.2 Å². The molecule has 3 heteroatoms. The monoisotopic (exact) mass is 289 g/mol. The molecule has 1 aromatic carbocycles. The van der Waals surface area contributed by atoms with Gasteiger partial charge in [-0.15, -0.1) is 0 Å². The van der Waals surface area contributed by atoms with Crippen molar-refractivity contribution in [1.29, 1.82) is 0 Å². The van der Waals surface area contributed by atoms with Crippen LogP contribution in [0.2, 0.25) is 0 Å². The Labute approximate surface area is 130 Å². The summed E-state index contributed by atoms with van der Waals surface area (Å²) < 4.78 is 0. The van der Waals surface area contributed by atoms with E-state index in [1.54, 1.807) is 0 Å². The first-order valence-electron chi connectivity index (χ1n) is 8.30. The molecule has 0 saturated carbocycles. The average molecular weight is 289 g/mol. The van der Waals surface area contributed by atoms with E-state index in [2.05, 4.69) is 68.1 Å². The first-order valence-corrected chi connectivity index (χ1v) is 8.30. The molecule has 118 valence electrons. The van der Waals surface area contributed by atoms with Gasteiger partial charge in [-0.3, -0.25) is 4.90 Å². The van der Waals surface area contributed by atoms with E-state index in [1.165, 1.54) is 23.2 Å². The fraction of sp³-hybridized carbons (Fsp3) is 0.667. The third kappa shape index (κ3) is 3.98. The largest absolute Gasteiger partial charge is 0.368 e. The Kier molecular flexibility index (Phi) is 5.65. The fourth-order valence-corrected chi connectivity index (χ4v) is 3.17. The zero-order valence-electron chi connectivity index (χ0n) is 14.3. The van der Waals surface area contributed by atoms with E-state index in [9.17, 15) is 0 Å². The Morgan fingerprint density at radius 2 is 1.86 bits per heavy atom. The maximum Gasteiger partial charge on any atom is 0.0413 e. The lowest BCUT2D eigenvalue weighted by Crippen LogP contribution is -2.55. The lowest BCUT2D eigenvalue weighted by Gasteiger charge is -2.44. The molecule has 2 rings (SSSR count). The van der Waals surface area contributed by atoms with E-state index in [4.69, 9.17) is 0 Å². The Balaban J connectivity index is 2.18. The van der Waals surface area contributed by atoms with Gasteiger partial charge in [0, 0.05) is 37.4 Å². The highest BCUT2D eigenvalue weighted by Gasteiger charge is 2.27. The summed E-state index contributed by atoms with van der Waals surface area (Å²) in [6.45, 7) is 13.3. The number of hydrogen-bond acceptors (Lipinski definition) is 3. The van der Waals surface area contributed by atoms with E-state index in [-0.39, 0.29) is 0 Å². The van der Waals surface area contributed by atoms with Crippen molar-refractivity contribution in [3.05, 3.63) is 29.3 Å². The maximum atomic E-state index is 3.55. The molecule has 0 amide bonds. The predicted molar refractivity (Wildman–Crippen MR) is 92.1 cm³/mol. The second-order valence-electron chi connectivity index (χ2n) is 6.58.